The van der Waals surface area contributed by atoms with Crippen molar-refractivity contribution in [2.45, 2.75) is 26.4 Å². The van der Waals surface area contributed by atoms with Crippen LogP contribution in [0.3, 0.4) is 0 Å². The van der Waals surface area contributed by atoms with Gasteiger partial charge in [-0.15, -0.1) is 0 Å². The van der Waals surface area contributed by atoms with Gasteiger partial charge in [-0.2, -0.15) is 0 Å². The lowest BCUT2D eigenvalue weighted by Gasteiger charge is -2.04. The summed E-state index contributed by atoms with van der Waals surface area (Å²) in [6.45, 7) is 6.86. The molecule has 0 heterocycles. The topological polar surface area (TPSA) is 107 Å². The zero-order chi connectivity index (χ0) is 13.8. The fourth-order valence-electron chi connectivity index (χ4n) is 0.611. The number of carbonyl (C=O) groups is 2. The third-order valence-electron chi connectivity index (χ3n) is 1.59. The van der Waals surface area contributed by atoms with Gasteiger partial charge in [0, 0.05) is 12.6 Å². The molecule has 0 aromatic heterocycles. The van der Waals surface area contributed by atoms with Crippen molar-refractivity contribution in [3.8, 4) is 0 Å². The van der Waals surface area contributed by atoms with Crippen LogP contribution in [-0.2, 0) is 13.7 Å². The second-order valence-electron chi connectivity index (χ2n) is 3.54. The van der Waals surface area contributed by atoms with Gasteiger partial charge in [-0.25, -0.2) is 0 Å². The molecule has 0 saturated heterocycles. The molecular weight excluding hydrogens is 254 g/mol. The van der Waals surface area contributed by atoms with Crippen molar-refractivity contribution < 1.29 is 13.7 Å². The molecule has 0 spiro atoms. The number of nitrogens with one attached hydrogen (secondary N) is 1. The zero-order valence-electron chi connectivity index (χ0n) is 10.9. The molecule has 0 aliphatic carbocycles. The third-order valence-corrected chi connectivity index (χ3v) is 5.36. The first-order valence-electron chi connectivity index (χ1n) is 5.42. The van der Waals surface area contributed by atoms with Crippen LogP contribution in [0.15, 0.2) is 11.8 Å². The lowest BCUT2D eigenvalue weighted by Crippen LogP contribution is -2.28. The number of amides is 2. The molecule has 2 amide bonds. The van der Waals surface area contributed by atoms with Crippen LogP contribution in [0.1, 0.15) is 13.3 Å². The lowest BCUT2D eigenvalue weighted by molar-refractivity contribution is -0.116. The molecule has 0 bridgehead atoms. The fourth-order valence-corrected chi connectivity index (χ4v) is 0.611. The van der Waals surface area contributed by atoms with E-state index in [4.69, 9.17) is 15.6 Å². The summed E-state index contributed by atoms with van der Waals surface area (Å²) in [6, 6.07) is 0. The largest absolute Gasteiger partial charge is 0.466 e. The lowest BCUT2D eigenvalue weighted by atomic mass is 10.3. The molecule has 100 valence electrons. The van der Waals surface area contributed by atoms with Crippen molar-refractivity contribution in [3.63, 3.8) is 0 Å². The normalized spacial score (nSPS) is 10.7. The Balaban J connectivity index is 0. The molecule has 0 aromatic rings. The highest BCUT2D eigenvalue weighted by molar-refractivity contribution is 6.52. The number of nitrogens with two attached hydrogens (primary N) is 2. The van der Waals surface area contributed by atoms with Crippen LogP contribution < -0.4 is 16.8 Å². The van der Waals surface area contributed by atoms with Crippen LogP contribution in [-0.4, -0.2) is 37.9 Å². The molecule has 0 aliphatic heterocycles. The Hall–Kier alpha value is -1.13. The van der Waals surface area contributed by atoms with E-state index in [1.54, 1.807) is 0 Å². The summed E-state index contributed by atoms with van der Waals surface area (Å²) in [4.78, 5) is 21.0. The van der Waals surface area contributed by atoms with E-state index in [1.807, 2.05) is 6.92 Å². The average molecular weight is 277 g/mol. The van der Waals surface area contributed by atoms with Gasteiger partial charge in [0.25, 0.3) is 5.91 Å². The molecule has 0 radical (unpaired) electrons. The summed E-state index contributed by atoms with van der Waals surface area (Å²) in [7, 11) is 0.347. The van der Waals surface area contributed by atoms with Crippen molar-refractivity contribution in [1.29, 1.82) is 0 Å². The highest BCUT2D eigenvalue weighted by Crippen LogP contribution is 1.87. The Kier molecular flexibility index (Phi) is 12.2. The quantitative estimate of drug-likeness (QED) is 0.389. The minimum atomic E-state index is -0.688. The summed E-state index contributed by atoms with van der Waals surface area (Å²) in [5.74, 6) is -1.37. The van der Waals surface area contributed by atoms with Crippen LogP contribution in [0.2, 0.25) is 13.1 Å². The standard InChI is InChI=1S/C7H13N3O2.C2H10OSi2/c1-2-3-10-5(7(9)12)4-6(8)11;1-5(2)3-4/h4,10H,2-3H2,1H3,(H2,8,11)(H2,9,12);5H,1-2,4H3/b5-4+;. The number of rotatable bonds is 6. The average Bonchev–Trinajstić information content (AvgIpc) is 2.24. The minimum absolute atomic E-state index is 0.0596. The second kappa shape index (κ2) is 11.4. The van der Waals surface area contributed by atoms with Gasteiger partial charge in [-0.05, 0) is 19.5 Å². The van der Waals surface area contributed by atoms with E-state index in [9.17, 15) is 9.59 Å². The van der Waals surface area contributed by atoms with Gasteiger partial charge in [0.1, 0.15) is 16.2 Å². The molecule has 0 aromatic carbocycles. The van der Waals surface area contributed by atoms with Crippen LogP contribution in [0, 0.1) is 0 Å². The molecule has 6 nitrogen and oxygen atoms in total. The third kappa shape index (κ3) is 14.9. The van der Waals surface area contributed by atoms with E-state index < -0.39 is 20.9 Å². The Labute approximate surface area is 107 Å². The van der Waals surface area contributed by atoms with Gasteiger partial charge in [0.05, 0.1) is 0 Å². The smallest absolute Gasteiger partial charge is 0.264 e. The SMILES string of the molecule is CCCN/C(=C/C(N)=O)C(N)=O.C[SiH](C)O[SiH3]. The van der Waals surface area contributed by atoms with Crippen LogP contribution in [0.5, 0.6) is 0 Å². The van der Waals surface area contributed by atoms with Gasteiger partial charge in [0.15, 0.2) is 9.04 Å². The van der Waals surface area contributed by atoms with E-state index in [0.717, 1.165) is 23.0 Å². The van der Waals surface area contributed by atoms with E-state index >= 15 is 0 Å². The first kappa shape index (κ1) is 18.2. The van der Waals surface area contributed by atoms with Gasteiger partial charge < -0.3 is 20.9 Å². The zero-order valence-corrected chi connectivity index (χ0v) is 14.1. The van der Waals surface area contributed by atoms with Crippen LogP contribution in [0.4, 0.5) is 0 Å². The van der Waals surface area contributed by atoms with E-state index in [0.29, 0.717) is 6.54 Å². The highest BCUT2D eigenvalue weighted by atomic mass is 28.3. The van der Waals surface area contributed by atoms with Crippen molar-refractivity contribution >= 4 is 31.3 Å². The van der Waals surface area contributed by atoms with E-state index in [-0.39, 0.29) is 5.70 Å². The van der Waals surface area contributed by atoms with E-state index in [2.05, 4.69) is 18.4 Å². The van der Waals surface area contributed by atoms with Gasteiger partial charge in [-0.3, -0.25) is 9.59 Å². The molecular formula is C9H23N3O3Si2. The number of hydrogen-bond acceptors (Lipinski definition) is 4. The van der Waals surface area contributed by atoms with Crippen molar-refractivity contribution in [2.75, 3.05) is 6.54 Å². The fraction of sp³-hybridized carbons (Fsp3) is 0.556. The van der Waals surface area contributed by atoms with Gasteiger partial charge in [0.2, 0.25) is 5.91 Å². The monoisotopic (exact) mass is 277 g/mol. The molecule has 17 heavy (non-hydrogen) atoms. The molecule has 0 unspecified atom stereocenters. The Morgan fingerprint density at radius 1 is 1.41 bits per heavy atom. The number of hydrogen-bond donors (Lipinski definition) is 3. The predicted octanol–water partition coefficient (Wildman–Crippen LogP) is -1.89. The summed E-state index contributed by atoms with van der Waals surface area (Å²) in [5, 5.41) is 2.69. The first-order valence-corrected chi connectivity index (χ1v) is 9.02. The van der Waals surface area contributed by atoms with E-state index in [1.165, 1.54) is 0 Å². The van der Waals surface area contributed by atoms with Crippen molar-refractivity contribution in [1.82, 2.24) is 5.32 Å². The second-order valence-corrected chi connectivity index (χ2v) is 7.52. The molecule has 0 rings (SSSR count). The Morgan fingerprint density at radius 3 is 2.12 bits per heavy atom. The Morgan fingerprint density at radius 2 is 1.88 bits per heavy atom. The summed E-state index contributed by atoms with van der Waals surface area (Å²) < 4.78 is 5.03. The van der Waals surface area contributed by atoms with Crippen molar-refractivity contribution in [2.24, 2.45) is 11.5 Å². The first-order chi connectivity index (χ1) is 7.84. The molecule has 0 atom stereocenters. The number of primary amides is 2. The maximum absolute atomic E-state index is 10.6. The summed E-state index contributed by atoms with van der Waals surface area (Å²) >= 11 is 0. The Bertz CT molecular complexity index is 270. The molecule has 8 heteroatoms. The predicted molar refractivity (Wildman–Crippen MR) is 74.7 cm³/mol. The maximum Gasteiger partial charge on any atom is 0.264 e. The molecule has 0 saturated carbocycles. The van der Waals surface area contributed by atoms with Gasteiger partial charge in [-0.1, -0.05) is 6.92 Å². The molecule has 5 N–H and O–H groups in total. The van der Waals surface area contributed by atoms with Crippen molar-refractivity contribution in [3.05, 3.63) is 11.8 Å². The molecule has 0 aliphatic rings. The maximum atomic E-state index is 10.6. The highest BCUT2D eigenvalue weighted by Gasteiger charge is 2.03. The van der Waals surface area contributed by atoms with Gasteiger partial charge >= 0.3 is 0 Å². The summed E-state index contributed by atoms with van der Waals surface area (Å²) in [6.07, 6.45) is 1.82. The minimum Gasteiger partial charge on any atom is -0.466 e. The summed E-state index contributed by atoms with van der Waals surface area (Å²) in [5.41, 5.74) is 9.85. The van der Waals surface area contributed by atoms with Crippen LogP contribution in [0.25, 0.3) is 0 Å². The molecule has 0 fully saturated rings. The van der Waals surface area contributed by atoms with Crippen LogP contribution >= 0.6 is 0 Å². The number of carbonyl (C=O) groups excluding carboxylic acids is 2.